The topological polar surface area (TPSA) is 90.0 Å². The van der Waals surface area contributed by atoms with E-state index < -0.39 is 6.04 Å². The van der Waals surface area contributed by atoms with Crippen molar-refractivity contribution in [2.45, 2.75) is 32.4 Å². The number of rotatable bonds is 10. The van der Waals surface area contributed by atoms with Crippen LogP contribution in [0, 0.1) is 0 Å². The molecule has 0 saturated carbocycles. The summed E-state index contributed by atoms with van der Waals surface area (Å²) >= 11 is 1.47. The van der Waals surface area contributed by atoms with Crippen molar-refractivity contribution in [2.24, 2.45) is 0 Å². The number of carbonyl (C=O) groups is 2. The van der Waals surface area contributed by atoms with Gasteiger partial charge in [0.25, 0.3) is 0 Å². The minimum atomic E-state index is -0.694. The van der Waals surface area contributed by atoms with Crippen LogP contribution in [0.4, 0.5) is 5.69 Å². The fourth-order valence-corrected chi connectivity index (χ4v) is 5.22. The Balaban J connectivity index is 1.38. The normalized spacial score (nSPS) is 12.6. The highest BCUT2D eigenvalue weighted by molar-refractivity contribution is 7.09. The second-order valence-corrected chi connectivity index (χ2v) is 9.96. The number of carbonyl (C=O) groups excluding carboxylic acids is 2. The van der Waals surface area contributed by atoms with E-state index in [4.69, 9.17) is 19.2 Å². The van der Waals surface area contributed by atoms with Gasteiger partial charge in [-0.05, 0) is 48.4 Å². The molecule has 1 aromatic heterocycles. The highest BCUT2D eigenvalue weighted by Crippen LogP contribution is 2.34. The van der Waals surface area contributed by atoms with Gasteiger partial charge in [0.05, 0.1) is 25.8 Å². The highest BCUT2D eigenvalue weighted by Gasteiger charge is 2.30. The van der Waals surface area contributed by atoms with Gasteiger partial charge in [-0.1, -0.05) is 37.3 Å². The molecule has 0 fully saturated rings. The fourth-order valence-electron chi connectivity index (χ4n) is 4.41. The standard InChI is InChI=1S/C30H29N3O5S/c1-3-25(30(35)31-22-11-14-26-27(16-22)38-19-37-26)33(29(34)15-20-7-5-4-6-8-20)17-28-32-24(18-39-28)21-9-12-23(36-2)13-10-21/h4-14,16,18,25H,3,15,17,19H2,1-2H3,(H,31,35). The lowest BCUT2D eigenvalue weighted by molar-refractivity contribution is -0.139. The predicted octanol–water partition coefficient (Wildman–Crippen LogP) is 5.54. The van der Waals surface area contributed by atoms with Crippen molar-refractivity contribution < 1.29 is 23.8 Å². The van der Waals surface area contributed by atoms with Gasteiger partial charge in [-0.3, -0.25) is 9.59 Å². The number of hydrogen-bond donors (Lipinski definition) is 1. The number of nitrogens with zero attached hydrogens (tertiary/aromatic N) is 2. The van der Waals surface area contributed by atoms with E-state index in [9.17, 15) is 9.59 Å². The molecule has 0 radical (unpaired) electrons. The molecule has 1 aliphatic heterocycles. The second kappa shape index (κ2) is 12.0. The Hall–Kier alpha value is -4.37. The van der Waals surface area contributed by atoms with E-state index >= 15 is 0 Å². The maximum atomic E-state index is 13.6. The quantitative estimate of drug-likeness (QED) is 0.283. The lowest BCUT2D eigenvalue weighted by atomic mass is 10.1. The molecule has 0 bridgehead atoms. The zero-order chi connectivity index (χ0) is 27.2. The summed E-state index contributed by atoms with van der Waals surface area (Å²) in [5, 5.41) is 5.66. The Morgan fingerprint density at radius 1 is 1.05 bits per heavy atom. The summed E-state index contributed by atoms with van der Waals surface area (Å²) in [6.45, 7) is 2.27. The zero-order valence-electron chi connectivity index (χ0n) is 21.8. The molecule has 39 heavy (non-hydrogen) atoms. The first-order chi connectivity index (χ1) is 19.0. The van der Waals surface area contributed by atoms with Crippen LogP contribution >= 0.6 is 11.3 Å². The molecular weight excluding hydrogens is 514 g/mol. The molecule has 1 N–H and O–H groups in total. The average Bonchev–Trinajstić information content (AvgIpc) is 3.63. The Kier molecular flexibility index (Phi) is 8.07. The molecule has 1 atom stereocenters. The average molecular weight is 544 g/mol. The Bertz CT molecular complexity index is 1440. The van der Waals surface area contributed by atoms with Crippen molar-refractivity contribution in [3.8, 4) is 28.5 Å². The monoisotopic (exact) mass is 543 g/mol. The Labute approximate surface area is 231 Å². The molecule has 2 amide bonds. The molecule has 9 heteroatoms. The van der Waals surface area contributed by atoms with Gasteiger partial charge in [-0.15, -0.1) is 11.3 Å². The number of thiazole rings is 1. The number of aromatic nitrogens is 1. The van der Waals surface area contributed by atoms with Crippen LogP contribution in [-0.4, -0.2) is 41.6 Å². The molecule has 8 nitrogen and oxygen atoms in total. The number of benzene rings is 3. The molecule has 0 aliphatic carbocycles. The van der Waals surface area contributed by atoms with Crippen LogP contribution in [0.1, 0.15) is 23.9 Å². The van der Waals surface area contributed by atoms with Crippen molar-refractivity contribution >= 4 is 28.8 Å². The first-order valence-electron chi connectivity index (χ1n) is 12.7. The van der Waals surface area contributed by atoms with Crippen LogP contribution in [-0.2, 0) is 22.6 Å². The number of amides is 2. The third-order valence-electron chi connectivity index (χ3n) is 6.47. The maximum Gasteiger partial charge on any atom is 0.247 e. The van der Waals surface area contributed by atoms with Gasteiger partial charge in [0, 0.05) is 22.7 Å². The maximum absolute atomic E-state index is 13.6. The minimum absolute atomic E-state index is 0.143. The Morgan fingerprint density at radius 3 is 2.56 bits per heavy atom. The van der Waals surface area contributed by atoms with E-state index in [0.717, 1.165) is 27.6 Å². The van der Waals surface area contributed by atoms with E-state index in [1.807, 2.05) is 66.9 Å². The van der Waals surface area contributed by atoms with Crippen LogP contribution in [0.2, 0.25) is 0 Å². The number of ether oxygens (including phenoxy) is 3. The summed E-state index contributed by atoms with van der Waals surface area (Å²) in [7, 11) is 1.63. The minimum Gasteiger partial charge on any atom is -0.497 e. The van der Waals surface area contributed by atoms with Crippen molar-refractivity contribution in [1.29, 1.82) is 0 Å². The van der Waals surface area contributed by atoms with Crippen LogP contribution < -0.4 is 19.5 Å². The summed E-state index contributed by atoms with van der Waals surface area (Å²) in [5.41, 5.74) is 3.23. The lowest BCUT2D eigenvalue weighted by Crippen LogP contribution is -2.47. The molecule has 200 valence electrons. The number of methoxy groups -OCH3 is 1. The van der Waals surface area contributed by atoms with E-state index in [-0.39, 0.29) is 31.6 Å². The highest BCUT2D eigenvalue weighted by atomic mass is 32.1. The van der Waals surface area contributed by atoms with Gasteiger partial charge in [0.15, 0.2) is 11.5 Å². The van der Waals surface area contributed by atoms with Gasteiger partial charge in [0.1, 0.15) is 16.8 Å². The zero-order valence-corrected chi connectivity index (χ0v) is 22.6. The van der Waals surface area contributed by atoms with Crippen molar-refractivity contribution in [3.05, 3.63) is 88.7 Å². The number of hydrogen-bond acceptors (Lipinski definition) is 7. The number of fused-ring (bicyclic) bond motifs is 1. The van der Waals surface area contributed by atoms with Crippen LogP contribution in [0.25, 0.3) is 11.3 Å². The van der Waals surface area contributed by atoms with Crippen molar-refractivity contribution in [1.82, 2.24) is 9.88 Å². The third-order valence-corrected chi connectivity index (χ3v) is 7.30. The van der Waals surface area contributed by atoms with E-state index in [1.165, 1.54) is 11.3 Å². The summed E-state index contributed by atoms with van der Waals surface area (Å²) in [4.78, 5) is 33.6. The molecule has 1 aliphatic rings. The first-order valence-corrected chi connectivity index (χ1v) is 13.5. The molecule has 3 aromatic carbocycles. The summed E-state index contributed by atoms with van der Waals surface area (Å²) in [6, 6.07) is 21.8. The van der Waals surface area contributed by atoms with Crippen molar-refractivity contribution in [3.63, 3.8) is 0 Å². The Morgan fingerprint density at radius 2 is 1.82 bits per heavy atom. The number of anilines is 1. The second-order valence-electron chi connectivity index (χ2n) is 9.02. The van der Waals surface area contributed by atoms with E-state index in [2.05, 4.69) is 5.32 Å². The summed E-state index contributed by atoms with van der Waals surface area (Å²) in [6.07, 6.45) is 0.624. The first kappa shape index (κ1) is 26.2. The van der Waals surface area contributed by atoms with E-state index in [0.29, 0.717) is 23.6 Å². The SMILES string of the molecule is CCC(C(=O)Nc1ccc2c(c1)OCO2)N(Cc1nc(-c2ccc(OC)cc2)cs1)C(=O)Cc1ccccc1. The summed E-state index contributed by atoms with van der Waals surface area (Å²) in [5.74, 6) is 1.56. The molecule has 2 heterocycles. The molecule has 5 rings (SSSR count). The molecular formula is C30H29N3O5S. The molecule has 0 saturated heterocycles. The largest absolute Gasteiger partial charge is 0.497 e. The predicted molar refractivity (Wildman–Crippen MR) is 150 cm³/mol. The van der Waals surface area contributed by atoms with Crippen LogP contribution in [0.5, 0.6) is 17.2 Å². The third kappa shape index (κ3) is 6.21. The number of nitrogens with one attached hydrogen (secondary N) is 1. The van der Waals surface area contributed by atoms with Gasteiger partial charge in [0.2, 0.25) is 18.6 Å². The van der Waals surface area contributed by atoms with Gasteiger partial charge >= 0.3 is 0 Å². The summed E-state index contributed by atoms with van der Waals surface area (Å²) < 4.78 is 16.1. The van der Waals surface area contributed by atoms with Crippen molar-refractivity contribution in [2.75, 3.05) is 19.2 Å². The molecule has 0 spiro atoms. The van der Waals surface area contributed by atoms with Gasteiger partial charge < -0.3 is 24.4 Å². The fraction of sp³-hybridized carbons (Fsp3) is 0.233. The smallest absolute Gasteiger partial charge is 0.247 e. The van der Waals surface area contributed by atoms with Gasteiger partial charge in [-0.2, -0.15) is 0 Å². The molecule has 4 aromatic rings. The van der Waals surface area contributed by atoms with Crippen LogP contribution in [0.15, 0.2) is 78.2 Å². The van der Waals surface area contributed by atoms with E-state index in [1.54, 1.807) is 30.2 Å². The molecule has 1 unspecified atom stereocenters. The van der Waals surface area contributed by atoms with Crippen LogP contribution in [0.3, 0.4) is 0 Å². The lowest BCUT2D eigenvalue weighted by Gasteiger charge is -2.30. The van der Waals surface area contributed by atoms with Gasteiger partial charge in [-0.25, -0.2) is 4.98 Å².